The lowest BCUT2D eigenvalue weighted by Crippen LogP contribution is -2.00. The molecular weight excluding hydrogens is 242 g/mol. The van der Waals surface area contributed by atoms with Crippen LogP contribution in [0.2, 0.25) is 0 Å². The van der Waals surface area contributed by atoms with E-state index in [2.05, 4.69) is 4.98 Å². The van der Waals surface area contributed by atoms with E-state index < -0.39 is 6.10 Å². The molecule has 2 nitrogen and oxygen atoms in total. The van der Waals surface area contributed by atoms with Crippen LogP contribution in [-0.2, 0) is 0 Å². The second-order valence-electron chi connectivity index (χ2n) is 4.28. The van der Waals surface area contributed by atoms with E-state index >= 15 is 0 Å². The molecule has 0 aliphatic rings. The van der Waals surface area contributed by atoms with Crippen LogP contribution >= 0.6 is 11.3 Å². The number of aromatic nitrogens is 1. The van der Waals surface area contributed by atoms with Crippen molar-refractivity contribution in [3.05, 3.63) is 64.0 Å². The maximum atomic E-state index is 10.3. The van der Waals surface area contributed by atoms with Crippen LogP contribution in [0, 0.1) is 6.92 Å². The van der Waals surface area contributed by atoms with Gasteiger partial charge in [-0.2, -0.15) is 0 Å². The zero-order valence-corrected chi connectivity index (χ0v) is 10.8. The van der Waals surface area contributed by atoms with Crippen molar-refractivity contribution in [2.45, 2.75) is 13.0 Å². The predicted molar refractivity (Wildman–Crippen MR) is 74.9 cm³/mol. The summed E-state index contributed by atoms with van der Waals surface area (Å²) >= 11 is 1.61. The van der Waals surface area contributed by atoms with Crippen molar-refractivity contribution in [2.75, 3.05) is 0 Å². The van der Waals surface area contributed by atoms with Crippen molar-refractivity contribution in [1.82, 2.24) is 4.98 Å². The fraction of sp³-hybridized carbons (Fsp3) is 0.133. The second-order valence-corrected chi connectivity index (χ2v) is 5.60. The summed E-state index contributed by atoms with van der Waals surface area (Å²) in [5.74, 6) is 0. The van der Waals surface area contributed by atoms with Gasteiger partial charge in [0, 0.05) is 15.1 Å². The van der Waals surface area contributed by atoms with Gasteiger partial charge in [-0.3, -0.25) is 0 Å². The maximum Gasteiger partial charge on any atom is 0.130 e. The number of hydrogen-bond acceptors (Lipinski definition) is 3. The van der Waals surface area contributed by atoms with Crippen LogP contribution < -0.4 is 0 Å². The molecule has 0 aliphatic heterocycles. The summed E-state index contributed by atoms with van der Waals surface area (Å²) in [5.41, 5.74) is 1.62. The van der Waals surface area contributed by atoms with Crippen molar-refractivity contribution in [3.8, 4) is 0 Å². The Kier molecular flexibility index (Phi) is 2.86. The van der Waals surface area contributed by atoms with Gasteiger partial charge in [-0.1, -0.05) is 24.3 Å². The van der Waals surface area contributed by atoms with Gasteiger partial charge in [-0.25, -0.2) is 4.98 Å². The fourth-order valence-corrected chi connectivity index (χ4v) is 2.86. The topological polar surface area (TPSA) is 33.1 Å². The monoisotopic (exact) mass is 255 g/mol. The number of benzene rings is 1. The van der Waals surface area contributed by atoms with E-state index in [4.69, 9.17) is 0 Å². The minimum absolute atomic E-state index is 0.631. The summed E-state index contributed by atoms with van der Waals surface area (Å²) in [4.78, 5) is 6.66. The van der Waals surface area contributed by atoms with Gasteiger partial charge < -0.3 is 5.11 Å². The van der Waals surface area contributed by atoms with E-state index in [0.717, 1.165) is 15.8 Å². The number of nitrogens with zero attached hydrogens (tertiary/aromatic N) is 1. The molecule has 18 heavy (non-hydrogen) atoms. The number of hydrogen-bond donors (Lipinski definition) is 1. The highest BCUT2D eigenvalue weighted by Gasteiger charge is 2.13. The molecule has 0 fully saturated rings. The molecule has 3 heteroatoms. The number of pyridine rings is 1. The zero-order valence-electron chi connectivity index (χ0n) is 10.00. The average molecular weight is 255 g/mol. The van der Waals surface area contributed by atoms with Crippen molar-refractivity contribution in [2.24, 2.45) is 0 Å². The van der Waals surface area contributed by atoms with Crippen molar-refractivity contribution in [3.63, 3.8) is 0 Å². The van der Waals surface area contributed by atoms with Crippen LogP contribution in [0.25, 0.3) is 10.9 Å². The lowest BCUT2D eigenvalue weighted by Gasteiger charge is -2.08. The minimum atomic E-state index is -0.631. The van der Waals surface area contributed by atoms with Gasteiger partial charge in [0.2, 0.25) is 0 Å². The Morgan fingerprint density at radius 3 is 2.67 bits per heavy atom. The highest BCUT2D eigenvalue weighted by atomic mass is 32.1. The van der Waals surface area contributed by atoms with Crippen molar-refractivity contribution < 1.29 is 5.11 Å². The second kappa shape index (κ2) is 4.52. The Morgan fingerprint density at radius 1 is 1.06 bits per heavy atom. The van der Waals surface area contributed by atoms with Crippen LogP contribution in [0.5, 0.6) is 0 Å². The van der Waals surface area contributed by atoms with Gasteiger partial charge in [0.15, 0.2) is 0 Å². The van der Waals surface area contributed by atoms with Gasteiger partial charge in [0.25, 0.3) is 0 Å². The van der Waals surface area contributed by atoms with Crippen LogP contribution in [0.15, 0.2) is 48.5 Å². The molecule has 0 bridgehead atoms. The highest BCUT2D eigenvalue weighted by molar-refractivity contribution is 7.12. The Balaban J connectivity index is 2.03. The first-order chi connectivity index (χ1) is 8.74. The highest BCUT2D eigenvalue weighted by Crippen LogP contribution is 2.28. The Labute approximate surface area is 110 Å². The largest absolute Gasteiger partial charge is 0.381 e. The summed E-state index contributed by atoms with van der Waals surface area (Å²) in [5, 5.41) is 11.4. The fourth-order valence-electron chi connectivity index (χ4n) is 1.98. The van der Waals surface area contributed by atoms with E-state index in [9.17, 15) is 5.11 Å². The number of aryl methyl sites for hydroxylation is 1. The molecule has 0 saturated heterocycles. The first-order valence-corrected chi connectivity index (χ1v) is 6.66. The van der Waals surface area contributed by atoms with Crippen molar-refractivity contribution in [1.29, 1.82) is 0 Å². The number of fused-ring (bicyclic) bond motifs is 1. The number of rotatable bonds is 2. The number of aliphatic hydroxyl groups excluding tert-OH is 1. The van der Waals surface area contributed by atoms with E-state index in [1.807, 2.05) is 55.5 Å². The molecule has 1 unspecified atom stereocenters. The van der Waals surface area contributed by atoms with Gasteiger partial charge in [0.05, 0.1) is 11.2 Å². The number of aliphatic hydroxyl groups is 1. The smallest absolute Gasteiger partial charge is 0.130 e. The van der Waals surface area contributed by atoms with E-state index in [0.29, 0.717) is 5.69 Å². The summed E-state index contributed by atoms with van der Waals surface area (Å²) < 4.78 is 0. The maximum absolute atomic E-state index is 10.3. The third-order valence-electron chi connectivity index (χ3n) is 2.93. The van der Waals surface area contributed by atoms with Crippen molar-refractivity contribution >= 4 is 22.2 Å². The Hall–Kier alpha value is -1.71. The van der Waals surface area contributed by atoms with E-state index in [1.165, 1.54) is 4.88 Å². The molecule has 0 aliphatic carbocycles. The number of thiophene rings is 1. The minimum Gasteiger partial charge on any atom is -0.381 e. The van der Waals surface area contributed by atoms with Gasteiger partial charge in [0.1, 0.15) is 6.10 Å². The molecule has 0 spiro atoms. The van der Waals surface area contributed by atoms with E-state index in [1.54, 1.807) is 11.3 Å². The van der Waals surface area contributed by atoms with Gasteiger partial charge >= 0.3 is 0 Å². The molecular formula is C15H13NOS. The first-order valence-electron chi connectivity index (χ1n) is 5.84. The third-order valence-corrected chi connectivity index (χ3v) is 3.98. The predicted octanol–water partition coefficient (Wildman–Crippen LogP) is 3.69. The summed E-state index contributed by atoms with van der Waals surface area (Å²) in [6, 6.07) is 15.8. The lowest BCUT2D eigenvalue weighted by molar-refractivity contribution is 0.219. The van der Waals surface area contributed by atoms with Crippen LogP contribution in [0.4, 0.5) is 0 Å². The quantitative estimate of drug-likeness (QED) is 0.757. The number of para-hydroxylation sites is 1. The first kappa shape index (κ1) is 11.4. The van der Waals surface area contributed by atoms with Gasteiger partial charge in [-0.05, 0) is 31.2 Å². The molecule has 3 aromatic rings. The summed E-state index contributed by atoms with van der Waals surface area (Å²) in [6.45, 7) is 2.04. The Bertz CT molecular complexity index is 690. The summed E-state index contributed by atoms with van der Waals surface area (Å²) in [6.07, 6.45) is -0.631. The SMILES string of the molecule is Cc1ccc(C(O)c2ccc3ccccc3n2)s1. The summed E-state index contributed by atoms with van der Waals surface area (Å²) in [7, 11) is 0. The third kappa shape index (κ3) is 2.03. The molecule has 0 radical (unpaired) electrons. The molecule has 0 amide bonds. The zero-order chi connectivity index (χ0) is 12.5. The molecule has 90 valence electrons. The average Bonchev–Trinajstić information content (AvgIpc) is 2.84. The van der Waals surface area contributed by atoms with Crippen LogP contribution in [0.1, 0.15) is 21.6 Å². The lowest BCUT2D eigenvalue weighted by atomic mass is 10.1. The standard InChI is InChI=1S/C15H13NOS/c1-10-6-9-14(18-10)15(17)13-8-7-11-4-2-3-5-12(11)16-13/h2-9,15,17H,1H3. The van der Waals surface area contributed by atoms with Crippen LogP contribution in [0.3, 0.4) is 0 Å². The molecule has 1 N–H and O–H groups in total. The molecule has 2 aromatic heterocycles. The molecule has 0 saturated carbocycles. The molecule has 3 rings (SSSR count). The molecule has 2 heterocycles. The van der Waals surface area contributed by atoms with Gasteiger partial charge in [-0.15, -0.1) is 11.3 Å². The van der Waals surface area contributed by atoms with Crippen LogP contribution in [-0.4, -0.2) is 10.1 Å². The molecule has 1 atom stereocenters. The Morgan fingerprint density at radius 2 is 1.89 bits per heavy atom. The normalized spacial score (nSPS) is 12.8. The molecule has 1 aromatic carbocycles. The van der Waals surface area contributed by atoms with E-state index in [-0.39, 0.29) is 0 Å².